The highest BCUT2D eigenvalue weighted by Crippen LogP contribution is 2.28. The van der Waals surface area contributed by atoms with Crippen molar-refractivity contribution in [3.8, 4) is 22.6 Å². The van der Waals surface area contributed by atoms with Crippen molar-refractivity contribution < 1.29 is 0 Å². The van der Waals surface area contributed by atoms with Gasteiger partial charge >= 0.3 is 0 Å². The zero-order valence-corrected chi connectivity index (χ0v) is 11.6. The van der Waals surface area contributed by atoms with E-state index >= 15 is 0 Å². The molecule has 0 radical (unpaired) electrons. The lowest BCUT2D eigenvalue weighted by molar-refractivity contribution is 1.23. The molecule has 0 aromatic carbocycles. The summed E-state index contributed by atoms with van der Waals surface area (Å²) in [7, 11) is 0. The Morgan fingerprint density at radius 1 is 0.737 bits per heavy atom. The highest BCUT2D eigenvalue weighted by Gasteiger charge is 2.07. The Labute approximate surface area is 119 Å². The second-order valence-corrected chi connectivity index (χ2v) is 4.83. The first-order chi connectivity index (χ1) is 9.34. The summed E-state index contributed by atoms with van der Waals surface area (Å²) in [4.78, 5) is 13.1. The van der Waals surface area contributed by atoms with Crippen LogP contribution in [-0.4, -0.2) is 15.0 Å². The molecule has 0 amide bonds. The molecule has 0 saturated carbocycles. The number of aromatic nitrogens is 3. The van der Waals surface area contributed by atoms with E-state index in [4.69, 9.17) is 0 Å². The predicted octanol–water partition coefficient (Wildman–Crippen LogP) is 3.97. The van der Waals surface area contributed by atoms with E-state index in [1.165, 1.54) is 0 Å². The quantitative estimate of drug-likeness (QED) is 0.719. The van der Waals surface area contributed by atoms with Crippen molar-refractivity contribution >= 4 is 15.9 Å². The summed E-state index contributed by atoms with van der Waals surface area (Å²) in [5, 5.41) is 0. The summed E-state index contributed by atoms with van der Waals surface area (Å²) in [6.07, 6.45) is 5.35. The second-order valence-electron chi connectivity index (χ2n) is 3.98. The van der Waals surface area contributed by atoms with Gasteiger partial charge in [-0.25, -0.2) is 0 Å². The molecule has 0 spiro atoms. The van der Waals surface area contributed by atoms with Crippen LogP contribution in [0.5, 0.6) is 0 Å². The molecule has 0 atom stereocenters. The van der Waals surface area contributed by atoms with E-state index in [9.17, 15) is 0 Å². The third-order valence-electron chi connectivity index (χ3n) is 2.72. The lowest BCUT2D eigenvalue weighted by Gasteiger charge is -2.05. The minimum atomic E-state index is 0.840. The number of pyridine rings is 3. The van der Waals surface area contributed by atoms with Crippen LogP contribution in [0.25, 0.3) is 22.6 Å². The topological polar surface area (TPSA) is 38.7 Å². The van der Waals surface area contributed by atoms with Gasteiger partial charge in [-0.05, 0) is 46.3 Å². The maximum atomic E-state index is 4.45. The molecule has 3 heterocycles. The van der Waals surface area contributed by atoms with Crippen LogP contribution in [0.15, 0.2) is 65.5 Å². The molecule has 3 nitrogen and oxygen atoms in total. The Balaban J connectivity index is 2.04. The van der Waals surface area contributed by atoms with E-state index in [1.54, 1.807) is 12.4 Å². The van der Waals surface area contributed by atoms with Gasteiger partial charge in [-0.3, -0.25) is 15.0 Å². The van der Waals surface area contributed by atoms with Gasteiger partial charge in [-0.1, -0.05) is 12.1 Å². The van der Waals surface area contributed by atoms with Gasteiger partial charge in [0.05, 0.1) is 17.1 Å². The molecule has 0 aliphatic rings. The maximum Gasteiger partial charge on any atom is 0.0897 e. The third kappa shape index (κ3) is 2.53. The smallest absolute Gasteiger partial charge is 0.0897 e. The van der Waals surface area contributed by atoms with Gasteiger partial charge in [0.25, 0.3) is 0 Å². The van der Waals surface area contributed by atoms with E-state index in [1.807, 2.05) is 48.7 Å². The first-order valence-electron chi connectivity index (χ1n) is 5.83. The minimum Gasteiger partial charge on any atom is -0.256 e. The number of hydrogen-bond donors (Lipinski definition) is 0. The summed E-state index contributed by atoms with van der Waals surface area (Å²) in [5.41, 5.74) is 3.57. The standard InChI is InChI=1S/C15H10BrN3/c16-12-9-15(14-6-2-4-8-18-14)19-10-11(12)13-5-1-3-7-17-13/h1-10H. The largest absolute Gasteiger partial charge is 0.256 e. The maximum absolute atomic E-state index is 4.45. The Hall–Kier alpha value is -2.07. The van der Waals surface area contributed by atoms with Gasteiger partial charge in [0.15, 0.2) is 0 Å². The van der Waals surface area contributed by atoms with Gasteiger partial charge in [-0.15, -0.1) is 0 Å². The van der Waals surface area contributed by atoms with Crippen LogP contribution < -0.4 is 0 Å². The average Bonchev–Trinajstić information content (AvgIpc) is 2.49. The van der Waals surface area contributed by atoms with Gasteiger partial charge in [0, 0.05) is 28.6 Å². The average molecular weight is 312 g/mol. The summed E-state index contributed by atoms with van der Waals surface area (Å²) in [6, 6.07) is 13.6. The van der Waals surface area contributed by atoms with Gasteiger partial charge < -0.3 is 0 Å². The first-order valence-corrected chi connectivity index (χ1v) is 6.62. The number of nitrogens with zero attached hydrogens (tertiary/aromatic N) is 3. The van der Waals surface area contributed by atoms with Gasteiger partial charge in [0.2, 0.25) is 0 Å². The van der Waals surface area contributed by atoms with Crippen molar-refractivity contribution in [2.24, 2.45) is 0 Å². The second kappa shape index (κ2) is 5.28. The zero-order chi connectivity index (χ0) is 13.1. The van der Waals surface area contributed by atoms with Crippen LogP contribution >= 0.6 is 15.9 Å². The van der Waals surface area contributed by atoms with E-state index in [2.05, 4.69) is 30.9 Å². The normalized spacial score (nSPS) is 10.4. The highest BCUT2D eigenvalue weighted by molar-refractivity contribution is 9.10. The van der Waals surface area contributed by atoms with Crippen LogP contribution in [0.3, 0.4) is 0 Å². The monoisotopic (exact) mass is 311 g/mol. The molecule has 0 saturated heterocycles. The van der Waals surface area contributed by atoms with E-state index in [0.29, 0.717) is 0 Å². The molecule has 3 aromatic rings. The van der Waals surface area contributed by atoms with Crippen molar-refractivity contribution in [2.75, 3.05) is 0 Å². The molecule has 3 rings (SSSR count). The van der Waals surface area contributed by atoms with Gasteiger partial charge in [-0.2, -0.15) is 0 Å². The fourth-order valence-corrected chi connectivity index (χ4v) is 2.32. The van der Waals surface area contributed by atoms with Gasteiger partial charge in [0.1, 0.15) is 0 Å². The molecule has 92 valence electrons. The van der Waals surface area contributed by atoms with Crippen LogP contribution in [0, 0.1) is 0 Å². The molecule has 4 heteroatoms. The zero-order valence-electron chi connectivity index (χ0n) is 9.99. The fraction of sp³-hybridized carbons (Fsp3) is 0. The SMILES string of the molecule is Brc1cc(-c2ccccn2)ncc1-c1ccccn1. The van der Waals surface area contributed by atoms with Crippen molar-refractivity contribution in [1.82, 2.24) is 15.0 Å². The molecular weight excluding hydrogens is 302 g/mol. The predicted molar refractivity (Wildman–Crippen MR) is 78.4 cm³/mol. The summed E-state index contributed by atoms with van der Waals surface area (Å²) in [6.45, 7) is 0. The van der Waals surface area contributed by atoms with E-state index < -0.39 is 0 Å². The van der Waals surface area contributed by atoms with E-state index in [0.717, 1.165) is 27.1 Å². The van der Waals surface area contributed by atoms with Crippen LogP contribution in [0.1, 0.15) is 0 Å². The number of halogens is 1. The van der Waals surface area contributed by atoms with Crippen molar-refractivity contribution in [3.63, 3.8) is 0 Å². The Bertz CT molecular complexity index is 684. The Kier molecular flexibility index (Phi) is 3.33. The first kappa shape index (κ1) is 12.0. The summed E-state index contributed by atoms with van der Waals surface area (Å²) in [5.74, 6) is 0. The van der Waals surface area contributed by atoms with Crippen molar-refractivity contribution in [2.45, 2.75) is 0 Å². The lowest BCUT2D eigenvalue weighted by Crippen LogP contribution is -1.90. The molecule has 0 N–H and O–H groups in total. The summed E-state index contributed by atoms with van der Waals surface area (Å²) < 4.78 is 0.960. The van der Waals surface area contributed by atoms with Crippen LogP contribution in [-0.2, 0) is 0 Å². The lowest BCUT2D eigenvalue weighted by atomic mass is 10.1. The molecule has 0 bridgehead atoms. The molecule has 0 aliphatic carbocycles. The Morgan fingerprint density at radius 2 is 1.42 bits per heavy atom. The van der Waals surface area contributed by atoms with E-state index in [-0.39, 0.29) is 0 Å². The molecular formula is C15H10BrN3. The molecule has 0 fully saturated rings. The Morgan fingerprint density at radius 3 is 2.00 bits per heavy atom. The van der Waals surface area contributed by atoms with Crippen LogP contribution in [0.4, 0.5) is 0 Å². The molecule has 0 aliphatic heterocycles. The number of rotatable bonds is 2. The molecule has 0 unspecified atom stereocenters. The number of hydrogen-bond acceptors (Lipinski definition) is 3. The van der Waals surface area contributed by atoms with Crippen molar-refractivity contribution in [1.29, 1.82) is 0 Å². The minimum absolute atomic E-state index is 0.840. The third-order valence-corrected chi connectivity index (χ3v) is 3.38. The van der Waals surface area contributed by atoms with Crippen molar-refractivity contribution in [3.05, 3.63) is 65.5 Å². The molecule has 19 heavy (non-hydrogen) atoms. The fourth-order valence-electron chi connectivity index (χ4n) is 1.80. The van der Waals surface area contributed by atoms with Crippen LogP contribution in [0.2, 0.25) is 0 Å². The molecule has 3 aromatic heterocycles. The summed E-state index contributed by atoms with van der Waals surface area (Å²) >= 11 is 3.57. The highest BCUT2D eigenvalue weighted by atomic mass is 79.9.